The molecule has 1 aromatic carbocycles. The summed E-state index contributed by atoms with van der Waals surface area (Å²) in [5.41, 5.74) is -0.633. The molecule has 0 atom stereocenters. The molecular formula is C27H24ClF7N8O2. The molecule has 0 aliphatic carbocycles. The van der Waals surface area contributed by atoms with Crippen LogP contribution in [0.25, 0.3) is 5.82 Å². The highest BCUT2D eigenvalue weighted by Gasteiger charge is 2.74. The summed E-state index contributed by atoms with van der Waals surface area (Å²) >= 11 is 6.27. The Labute approximate surface area is 255 Å². The fourth-order valence-corrected chi connectivity index (χ4v) is 4.40. The second kappa shape index (κ2) is 12.1. The summed E-state index contributed by atoms with van der Waals surface area (Å²) in [6.45, 7) is 6.32. The van der Waals surface area contributed by atoms with Crippen LogP contribution in [0, 0.1) is 13.8 Å². The minimum absolute atomic E-state index is 0.0400. The molecule has 0 bridgehead atoms. The van der Waals surface area contributed by atoms with Crippen molar-refractivity contribution in [1.29, 1.82) is 0 Å². The molecule has 0 saturated carbocycles. The number of benzene rings is 1. The van der Waals surface area contributed by atoms with Gasteiger partial charge in [-0.05, 0) is 63.1 Å². The topological polar surface area (TPSA) is 120 Å². The number of aromatic nitrogens is 6. The SMILES string of the molecule is Cc1cc(C)c(NC(=O)c2cc(Cn3ncc(C(F)(F)C(F)(F)C(F)(F)F)n3)nn2-c2ncccc2Cl)c(C(=O)NC(C)C)c1. The summed E-state index contributed by atoms with van der Waals surface area (Å²) < 4.78 is 94.2. The van der Waals surface area contributed by atoms with Crippen molar-refractivity contribution in [3.63, 3.8) is 0 Å². The quantitative estimate of drug-likeness (QED) is 0.217. The summed E-state index contributed by atoms with van der Waals surface area (Å²) in [7, 11) is 0. The molecule has 18 heteroatoms. The van der Waals surface area contributed by atoms with E-state index in [0.29, 0.717) is 10.4 Å². The Bertz CT molecular complexity index is 1750. The van der Waals surface area contributed by atoms with Crippen LogP contribution in [0.15, 0.2) is 42.7 Å². The van der Waals surface area contributed by atoms with Crippen molar-refractivity contribution in [2.45, 2.75) is 58.3 Å². The van der Waals surface area contributed by atoms with Crippen LogP contribution >= 0.6 is 11.6 Å². The number of pyridine rings is 1. The van der Waals surface area contributed by atoms with Crippen LogP contribution in [0.1, 0.15) is 57.2 Å². The molecule has 2 N–H and O–H groups in total. The highest BCUT2D eigenvalue weighted by atomic mass is 35.5. The molecule has 10 nitrogen and oxygen atoms in total. The second-order valence-electron chi connectivity index (χ2n) is 10.2. The van der Waals surface area contributed by atoms with E-state index in [1.165, 1.54) is 18.3 Å². The zero-order valence-corrected chi connectivity index (χ0v) is 24.6. The number of amides is 2. The Balaban J connectivity index is 1.73. The summed E-state index contributed by atoms with van der Waals surface area (Å²) in [5, 5.41) is 16.2. The number of hydrogen-bond acceptors (Lipinski definition) is 6. The third kappa shape index (κ3) is 6.62. The maximum absolute atomic E-state index is 14.1. The monoisotopic (exact) mass is 660 g/mol. The van der Waals surface area contributed by atoms with Gasteiger partial charge in [0.15, 0.2) is 11.5 Å². The van der Waals surface area contributed by atoms with E-state index < -0.39 is 42.1 Å². The number of carbonyl (C=O) groups excluding carboxylic acids is 2. The number of halogens is 8. The van der Waals surface area contributed by atoms with E-state index in [2.05, 4.69) is 30.9 Å². The zero-order chi connectivity index (χ0) is 33.5. The number of hydrogen-bond donors (Lipinski definition) is 2. The summed E-state index contributed by atoms with van der Waals surface area (Å²) in [4.78, 5) is 31.1. The number of alkyl halides is 7. The van der Waals surface area contributed by atoms with Crippen molar-refractivity contribution < 1.29 is 40.3 Å². The van der Waals surface area contributed by atoms with Crippen LogP contribution < -0.4 is 10.6 Å². The predicted molar refractivity (Wildman–Crippen MR) is 147 cm³/mol. The van der Waals surface area contributed by atoms with Gasteiger partial charge >= 0.3 is 18.0 Å². The normalized spacial score (nSPS) is 12.5. The maximum atomic E-state index is 14.1. The minimum atomic E-state index is -6.56. The molecule has 0 fully saturated rings. The van der Waals surface area contributed by atoms with Crippen molar-refractivity contribution in [2.75, 3.05) is 5.32 Å². The third-order valence-corrected chi connectivity index (χ3v) is 6.52. The lowest BCUT2D eigenvalue weighted by atomic mass is 10.0. The molecule has 2 amide bonds. The molecule has 0 radical (unpaired) electrons. The lowest BCUT2D eigenvalue weighted by Crippen LogP contribution is -2.50. The van der Waals surface area contributed by atoms with Crippen LogP contribution in [0.3, 0.4) is 0 Å². The Kier molecular flexibility index (Phi) is 8.97. The molecule has 3 aromatic heterocycles. The van der Waals surface area contributed by atoms with Gasteiger partial charge in [-0.15, -0.1) is 0 Å². The highest BCUT2D eigenvalue weighted by Crippen LogP contribution is 2.51. The Morgan fingerprint density at radius 2 is 1.69 bits per heavy atom. The molecule has 4 aromatic rings. The number of rotatable bonds is 9. The molecular weight excluding hydrogens is 637 g/mol. The van der Waals surface area contributed by atoms with Gasteiger partial charge in [0.2, 0.25) is 0 Å². The van der Waals surface area contributed by atoms with Crippen molar-refractivity contribution in [2.24, 2.45) is 0 Å². The molecule has 0 saturated heterocycles. The van der Waals surface area contributed by atoms with Gasteiger partial charge in [0.25, 0.3) is 11.8 Å². The molecule has 0 spiro atoms. The molecule has 3 heterocycles. The van der Waals surface area contributed by atoms with E-state index in [-0.39, 0.29) is 45.7 Å². The molecule has 0 aliphatic heterocycles. The molecule has 240 valence electrons. The van der Waals surface area contributed by atoms with Crippen molar-refractivity contribution in [3.8, 4) is 5.82 Å². The number of nitrogens with one attached hydrogen (secondary N) is 2. The molecule has 4 rings (SSSR count). The highest BCUT2D eigenvalue weighted by molar-refractivity contribution is 6.32. The van der Waals surface area contributed by atoms with Crippen LogP contribution in [0.5, 0.6) is 0 Å². The number of nitrogens with zero attached hydrogens (tertiary/aromatic N) is 6. The average molecular weight is 661 g/mol. The van der Waals surface area contributed by atoms with Crippen molar-refractivity contribution in [1.82, 2.24) is 35.1 Å². The Hall–Kier alpha value is -4.54. The van der Waals surface area contributed by atoms with Crippen LogP contribution in [-0.2, 0) is 12.5 Å². The van der Waals surface area contributed by atoms with Gasteiger partial charge in [-0.2, -0.15) is 50.8 Å². The van der Waals surface area contributed by atoms with Crippen LogP contribution in [0.4, 0.5) is 36.4 Å². The van der Waals surface area contributed by atoms with Gasteiger partial charge < -0.3 is 10.6 Å². The van der Waals surface area contributed by atoms with E-state index in [9.17, 15) is 40.3 Å². The third-order valence-electron chi connectivity index (χ3n) is 6.23. The summed E-state index contributed by atoms with van der Waals surface area (Å²) in [5.74, 6) is -13.5. The first-order valence-corrected chi connectivity index (χ1v) is 13.4. The van der Waals surface area contributed by atoms with Gasteiger partial charge in [-0.25, -0.2) is 9.67 Å². The van der Waals surface area contributed by atoms with Gasteiger partial charge in [0.1, 0.15) is 12.2 Å². The second-order valence-corrected chi connectivity index (χ2v) is 10.6. The Morgan fingerprint density at radius 3 is 2.31 bits per heavy atom. The number of aryl methyl sites for hydroxylation is 2. The van der Waals surface area contributed by atoms with Crippen molar-refractivity contribution >= 4 is 29.1 Å². The molecule has 0 aliphatic rings. The number of anilines is 1. The Morgan fingerprint density at radius 1 is 1.00 bits per heavy atom. The number of carbonyl (C=O) groups is 2. The first-order valence-electron chi connectivity index (χ1n) is 13.0. The lowest BCUT2D eigenvalue weighted by molar-refractivity contribution is -0.360. The van der Waals surface area contributed by atoms with Crippen molar-refractivity contribution in [3.05, 3.63) is 81.5 Å². The largest absolute Gasteiger partial charge is 0.460 e. The predicted octanol–water partition coefficient (Wildman–Crippen LogP) is 5.86. The molecule has 45 heavy (non-hydrogen) atoms. The summed E-state index contributed by atoms with van der Waals surface area (Å²) in [6, 6.07) is 7.20. The van der Waals surface area contributed by atoms with Gasteiger partial charge in [0, 0.05) is 12.2 Å². The first-order chi connectivity index (χ1) is 20.8. The smallest absolute Gasteiger partial charge is 0.350 e. The molecule has 0 unspecified atom stereocenters. The fourth-order valence-electron chi connectivity index (χ4n) is 4.20. The van der Waals surface area contributed by atoms with Gasteiger partial charge in [-0.3, -0.25) is 9.59 Å². The van der Waals surface area contributed by atoms with E-state index in [1.807, 2.05) is 0 Å². The standard InChI is InChI=1S/C27H24ClF7N8O2/c1-13(2)38-23(44)17-9-14(3)8-15(4)21(17)39-24(45)19-10-16(40-43(19)22-18(28)6-5-7-36-22)12-42-37-11-20(41-42)25(29,30)26(31,32)27(33,34)35/h5-11,13H,12H2,1-4H3,(H,38,44)(H,39,45). The van der Waals surface area contributed by atoms with Gasteiger partial charge in [0.05, 0.1) is 28.2 Å². The lowest BCUT2D eigenvalue weighted by Gasteiger charge is -2.26. The average Bonchev–Trinajstić information content (AvgIpc) is 3.57. The van der Waals surface area contributed by atoms with E-state index in [0.717, 1.165) is 16.3 Å². The first kappa shape index (κ1) is 33.4. The van der Waals surface area contributed by atoms with Gasteiger partial charge in [-0.1, -0.05) is 17.7 Å². The summed E-state index contributed by atoms with van der Waals surface area (Å²) in [6.07, 6.45) is -5.15. The van der Waals surface area contributed by atoms with E-state index in [4.69, 9.17) is 11.6 Å². The zero-order valence-electron chi connectivity index (χ0n) is 23.8. The minimum Gasteiger partial charge on any atom is -0.350 e. The van der Waals surface area contributed by atoms with Crippen LogP contribution in [0.2, 0.25) is 5.02 Å². The van der Waals surface area contributed by atoms with E-state index in [1.54, 1.807) is 39.8 Å². The van der Waals surface area contributed by atoms with Crippen LogP contribution in [-0.4, -0.2) is 59.7 Å². The van der Waals surface area contributed by atoms with E-state index >= 15 is 0 Å². The maximum Gasteiger partial charge on any atom is 0.460 e. The fraction of sp³-hybridized carbons (Fsp3) is 0.333.